The Morgan fingerprint density at radius 3 is 2.23 bits per heavy atom. The molecule has 2 aromatic heterocycles. The van der Waals surface area contributed by atoms with E-state index in [1.165, 1.54) is 0 Å². The zero-order valence-corrected chi connectivity index (χ0v) is 20.4. The Hall–Kier alpha value is -3.89. The summed E-state index contributed by atoms with van der Waals surface area (Å²) >= 11 is 0. The third-order valence-electron chi connectivity index (χ3n) is 5.63. The van der Waals surface area contributed by atoms with E-state index in [-0.39, 0.29) is 5.60 Å². The number of pyridine rings is 1. The number of halogens is 6. The topological polar surface area (TPSA) is 147 Å². The van der Waals surface area contributed by atoms with Gasteiger partial charge in [0.25, 0.3) is 0 Å². The fourth-order valence-electron chi connectivity index (χ4n) is 3.76. The van der Waals surface area contributed by atoms with Crippen LogP contribution in [-0.2, 0) is 14.3 Å². The van der Waals surface area contributed by atoms with E-state index in [2.05, 4.69) is 25.2 Å². The van der Waals surface area contributed by atoms with Crippen molar-refractivity contribution in [3.8, 4) is 5.88 Å². The highest BCUT2D eigenvalue weighted by Crippen LogP contribution is 2.43. The van der Waals surface area contributed by atoms with E-state index in [1.807, 2.05) is 30.5 Å². The average molecular weight is 569 g/mol. The largest absolute Gasteiger partial charge is 0.490 e. The van der Waals surface area contributed by atoms with Crippen LogP contribution < -0.4 is 15.0 Å². The van der Waals surface area contributed by atoms with Crippen LogP contribution in [0.5, 0.6) is 5.88 Å². The normalized spacial score (nSPS) is 17.6. The highest BCUT2D eigenvalue weighted by Gasteiger charge is 2.53. The molecule has 2 aliphatic rings. The first-order chi connectivity index (χ1) is 18.2. The molecule has 17 heteroatoms. The van der Waals surface area contributed by atoms with E-state index in [0.29, 0.717) is 11.8 Å². The molecule has 0 saturated carbocycles. The quantitative estimate of drug-likeness (QED) is 0.441. The number of aromatic nitrogens is 3. The van der Waals surface area contributed by atoms with Gasteiger partial charge in [0, 0.05) is 25.4 Å². The molecule has 0 radical (unpaired) electrons. The minimum atomic E-state index is -5.08. The summed E-state index contributed by atoms with van der Waals surface area (Å²) in [7, 11) is 1.62. The molecular weight excluding hydrogens is 544 g/mol. The summed E-state index contributed by atoms with van der Waals surface area (Å²) in [5.74, 6) is -2.53. The highest BCUT2D eigenvalue weighted by atomic mass is 19.4. The maximum absolute atomic E-state index is 10.6. The number of alkyl halides is 6. The predicted molar refractivity (Wildman–Crippen MR) is 122 cm³/mol. The Morgan fingerprint density at radius 1 is 1.10 bits per heavy atom. The number of carboxylic acid groups (broad SMARTS) is 2. The molecule has 2 aliphatic heterocycles. The second-order valence-electron chi connectivity index (χ2n) is 8.21. The minimum Gasteiger partial charge on any atom is -0.481 e. The smallest absolute Gasteiger partial charge is 0.481 e. The number of hydrogen-bond donors (Lipinski definition) is 3. The van der Waals surface area contributed by atoms with Crippen molar-refractivity contribution in [2.75, 3.05) is 43.6 Å². The van der Waals surface area contributed by atoms with Crippen LogP contribution in [0.15, 0.2) is 36.8 Å². The van der Waals surface area contributed by atoms with Crippen molar-refractivity contribution in [3.63, 3.8) is 0 Å². The molecule has 216 valence electrons. The summed E-state index contributed by atoms with van der Waals surface area (Å²) in [5, 5.41) is 17.6. The van der Waals surface area contributed by atoms with E-state index < -0.39 is 24.3 Å². The molecule has 3 N–H and O–H groups in total. The first-order valence-corrected chi connectivity index (χ1v) is 11.2. The van der Waals surface area contributed by atoms with Crippen molar-refractivity contribution in [1.82, 2.24) is 15.0 Å². The number of hydrogen-bond acceptors (Lipinski definition) is 9. The molecule has 4 rings (SSSR count). The van der Waals surface area contributed by atoms with E-state index in [1.54, 1.807) is 13.4 Å². The van der Waals surface area contributed by atoms with Gasteiger partial charge in [0.1, 0.15) is 23.6 Å². The highest BCUT2D eigenvalue weighted by molar-refractivity contribution is 5.73. The predicted octanol–water partition coefficient (Wildman–Crippen LogP) is 3.24. The van der Waals surface area contributed by atoms with Gasteiger partial charge in [0.15, 0.2) is 0 Å². The molecule has 39 heavy (non-hydrogen) atoms. The maximum atomic E-state index is 10.6. The zero-order chi connectivity index (χ0) is 29.3. The molecule has 0 aliphatic carbocycles. The molecular formula is C22H25F6N5O6. The van der Waals surface area contributed by atoms with Gasteiger partial charge in [0.05, 0.1) is 20.2 Å². The van der Waals surface area contributed by atoms with Crippen molar-refractivity contribution in [3.05, 3.63) is 36.8 Å². The molecule has 1 atom stereocenters. The Labute approximate surface area is 217 Å². The summed E-state index contributed by atoms with van der Waals surface area (Å²) in [4.78, 5) is 32.7. The van der Waals surface area contributed by atoms with Crippen molar-refractivity contribution in [2.24, 2.45) is 5.92 Å². The van der Waals surface area contributed by atoms with Crippen molar-refractivity contribution >= 4 is 23.6 Å². The van der Waals surface area contributed by atoms with Gasteiger partial charge in [0.2, 0.25) is 5.88 Å². The number of carboxylic acids is 2. The zero-order valence-electron chi connectivity index (χ0n) is 20.4. The third-order valence-corrected chi connectivity index (χ3v) is 5.63. The molecule has 0 bridgehead atoms. The molecule has 1 unspecified atom stereocenters. The third kappa shape index (κ3) is 9.42. The molecule has 11 nitrogen and oxygen atoms in total. The molecule has 2 fully saturated rings. The van der Waals surface area contributed by atoms with Gasteiger partial charge in [-0.3, -0.25) is 0 Å². The summed E-state index contributed by atoms with van der Waals surface area (Å²) in [6, 6.07) is 7.79. The average Bonchev–Trinajstić information content (AvgIpc) is 3.27. The van der Waals surface area contributed by atoms with Crippen LogP contribution in [0.25, 0.3) is 0 Å². The number of rotatable bonds is 6. The Bertz CT molecular complexity index is 1060. The van der Waals surface area contributed by atoms with E-state index in [4.69, 9.17) is 29.3 Å². The van der Waals surface area contributed by atoms with Gasteiger partial charge in [-0.25, -0.2) is 24.5 Å². The van der Waals surface area contributed by atoms with Gasteiger partial charge in [-0.2, -0.15) is 26.3 Å². The van der Waals surface area contributed by atoms with E-state index in [0.717, 1.165) is 50.7 Å². The monoisotopic (exact) mass is 569 g/mol. The maximum Gasteiger partial charge on any atom is 0.490 e. The van der Waals surface area contributed by atoms with Crippen LogP contribution in [0.1, 0.15) is 12.8 Å². The second kappa shape index (κ2) is 13.3. The van der Waals surface area contributed by atoms with Gasteiger partial charge >= 0.3 is 24.3 Å². The van der Waals surface area contributed by atoms with Gasteiger partial charge in [-0.15, -0.1) is 0 Å². The van der Waals surface area contributed by atoms with E-state index >= 15 is 0 Å². The SMILES string of the molecule is COc1cc(N2CC3(C2)OCCC3CCNc2ccccn2)ncn1.O=C(O)C(F)(F)F.O=C(O)C(F)(F)F. The molecule has 0 aromatic carbocycles. The molecule has 2 saturated heterocycles. The van der Waals surface area contributed by atoms with Crippen LogP contribution in [0.3, 0.4) is 0 Å². The standard InChI is InChI=1S/C18H23N5O2.2C2HF3O2/c1-24-17-10-16(21-13-22-17)23-11-18(12-23)14(6-9-25-18)5-8-20-15-4-2-3-7-19-15;2*3-2(4,5)1(6)7/h2-4,7,10,13-14H,5-6,8-9,11-12H2,1H3,(H,19,20);2*(H,6,7). The Morgan fingerprint density at radius 2 is 1.72 bits per heavy atom. The Kier molecular flexibility index (Phi) is 10.6. The van der Waals surface area contributed by atoms with Crippen LogP contribution in [0.4, 0.5) is 38.0 Å². The number of ether oxygens (including phenoxy) is 2. The lowest BCUT2D eigenvalue weighted by atomic mass is 9.79. The second-order valence-corrected chi connectivity index (χ2v) is 8.21. The van der Waals surface area contributed by atoms with Gasteiger partial charge < -0.3 is 29.9 Å². The number of nitrogens with zero attached hydrogens (tertiary/aromatic N) is 4. The summed E-state index contributed by atoms with van der Waals surface area (Å²) in [5.41, 5.74) is -0.0377. The number of aliphatic carboxylic acids is 2. The number of nitrogens with one attached hydrogen (secondary N) is 1. The van der Waals surface area contributed by atoms with Crippen molar-refractivity contribution < 1.29 is 55.6 Å². The van der Waals surface area contributed by atoms with E-state index in [9.17, 15) is 26.3 Å². The molecule has 1 spiro atoms. The van der Waals surface area contributed by atoms with Crippen LogP contribution in [0.2, 0.25) is 0 Å². The van der Waals surface area contributed by atoms with Gasteiger partial charge in [-0.1, -0.05) is 6.07 Å². The number of methoxy groups -OCH3 is 1. The first-order valence-electron chi connectivity index (χ1n) is 11.2. The molecule has 0 amide bonds. The minimum absolute atomic E-state index is 0.0377. The van der Waals surface area contributed by atoms with Gasteiger partial charge in [-0.05, 0) is 30.9 Å². The van der Waals surface area contributed by atoms with Crippen molar-refractivity contribution in [2.45, 2.75) is 30.8 Å². The number of carbonyl (C=O) groups is 2. The van der Waals surface area contributed by atoms with Crippen LogP contribution in [-0.4, -0.2) is 88.4 Å². The Balaban J connectivity index is 0.000000317. The number of anilines is 2. The van der Waals surface area contributed by atoms with Crippen LogP contribution >= 0.6 is 0 Å². The van der Waals surface area contributed by atoms with Crippen LogP contribution in [0, 0.1) is 5.92 Å². The molecule has 2 aromatic rings. The fourth-order valence-corrected chi connectivity index (χ4v) is 3.76. The first kappa shape index (κ1) is 31.3. The summed E-state index contributed by atoms with van der Waals surface area (Å²) in [6.45, 7) is 3.51. The summed E-state index contributed by atoms with van der Waals surface area (Å²) in [6.07, 6.45) is -4.62. The lowest BCUT2D eigenvalue weighted by molar-refractivity contribution is -0.193. The lowest BCUT2D eigenvalue weighted by Crippen LogP contribution is -2.65. The molecule has 4 heterocycles. The summed E-state index contributed by atoms with van der Waals surface area (Å²) < 4.78 is 74.8. The fraction of sp³-hybridized carbons (Fsp3) is 0.500. The lowest BCUT2D eigenvalue weighted by Gasteiger charge is -2.50. The van der Waals surface area contributed by atoms with Crippen molar-refractivity contribution in [1.29, 1.82) is 0 Å².